The Kier molecular flexibility index (Phi) is 11.5. The van der Waals surface area contributed by atoms with E-state index in [4.69, 9.17) is 14.6 Å². The van der Waals surface area contributed by atoms with Gasteiger partial charge >= 0.3 is 0 Å². The van der Waals surface area contributed by atoms with Crippen molar-refractivity contribution in [3.8, 4) is 5.75 Å². The lowest BCUT2D eigenvalue weighted by Crippen LogP contribution is -2.52. The molecule has 0 aromatic heterocycles. The molecule has 2 aromatic rings. The average Bonchev–Trinajstić information content (AvgIpc) is 2.86. The third kappa shape index (κ3) is 8.91. The zero-order valence-electron chi connectivity index (χ0n) is 18.2. The van der Waals surface area contributed by atoms with Gasteiger partial charge in [0.2, 0.25) is 0 Å². The van der Waals surface area contributed by atoms with Crippen LogP contribution in [0.4, 0.5) is 0 Å². The molecule has 0 unspecified atom stereocenters. The minimum Gasteiger partial charge on any atom is -0.494 e. The second-order valence-corrected chi connectivity index (χ2v) is 7.47. The maximum absolute atomic E-state index is 12.6. The summed E-state index contributed by atoms with van der Waals surface area (Å²) in [6.45, 7) is -0.109. The molecule has 0 saturated heterocycles. The van der Waals surface area contributed by atoms with Crippen LogP contribution in [0.1, 0.15) is 28.8 Å². The number of carbonyl (C=O) groups excluding carboxylic acids is 2. The molecule has 0 aliphatic carbocycles. The summed E-state index contributed by atoms with van der Waals surface area (Å²) in [6, 6.07) is 15.8. The average molecular weight is 462 g/mol. The fraction of sp³-hybridized carbons (Fsp3) is 0.417. The Morgan fingerprint density at radius 2 is 1.61 bits per heavy atom. The number of ether oxygens (including phenoxy) is 2. The topological polar surface area (TPSA) is 146 Å². The van der Waals surface area contributed by atoms with E-state index < -0.39 is 36.9 Å². The third-order valence-electron chi connectivity index (χ3n) is 4.93. The van der Waals surface area contributed by atoms with Crippen molar-refractivity contribution in [1.82, 2.24) is 5.32 Å². The molecular formula is C24H31NO8. The Hall–Kier alpha value is -2.82. The predicted octanol–water partition coefficient (Wildman–Crippen LogP) is 0.435. The second kappa shape index (κ2) is 14.4. The molecule has 9 nitrogen and oxygen atoms in total. The molecule has 0 radical (unpaired) electrons. The van der Waals surface area contributed by atoms with E-state index in [1.54, 1.807) is 24.3 Å². The maximum Gasteiger partial charge on any atom is 0.252 e. The molecule has 2 aromatic carbocycles. The van der Waals surface area contributed by atoms with Crippen LogP contribution in [-0.2, 0) is 16.1 Å². The van der Waals surface area contributed by atoms with E-state index in [0.717, 1.165) is 11.8 Å². The molecule has 0 aliphatic rings. The number of hydrogen-bond acceptors (Lipinski definition) is 8. The summed E-state index contributed by atoms with van der Waals surface area (Å²) >= 11 is 0. The number of carbonyl (C=O) groups is 2. The van der Waals surface area contributed by atoms with E-state index in [1.165, 1.54) is 0 Å². The van der Waals surface area contributed by atoms with Gasteiger partial charge in [-0.3, -0.25) is 9.59 Å². The Morgan fingerprint density at radius 1 is 0.939 bits per heavy atom. The van der Waals surface area contributed by atoms with Crippen molar-refractivity contribution in [2.45, 2.75) is 43.8 Å². The summed E-state index contributed by atoms with van der Waals surface area (Å²) in [5, 5.41) is 41.7. The van der Waals surface area contributed by atoms with Crippen molar-refractivity contribution in [2.75, 3.05) is 19.8 Å². The predicted molar refractivity (Wildman–Crippen MR) is 120 cm³/mol. The summed E-state index contributed by atoms with van der Waals surface area (Å²) < 4.78 is 11.1. The molecule has 0 heterocycles. The third-order valence-corrected chi connectivity index (χ3v) is 4.93. The van der Waals surface area contributed by atoms with Gasteiger partial charge in [-0.05, 0) is 42.7 Å². The molecule has 0 bridgehead atoms. The largest absolute Gasteiger partial charge is 0.494 e. The first-order chi connectivity index (χ1) is 16.0. The number of hydrogen-bond donors (Lipinski definition) is 5. The van der Waals surface area contributed by atoms with Crippen molar-refractivity contribution < 1.29 is 39.5 Å². The molecule has 0 fully saturated rings. The highest BCUT2D eigenvalue weighted by molar-refractivity contribution is 5.81. The highest BCUT2D eigenvalue weighted by atomic mass is 16.5. The Balaban J connectivity index is 1.84. The van der Waals surface area contributed by atoms with Crippen molar-refractivity contribution in [2.24, 2.45) is 0 Å². The maximum atomic E-state index is 12.6. The quantitative estimate of drug-likeness (QED) is 0.190. The van der Waals surface area contributed by atoms with E-state index in [9.17, 15) is 24.9 Å². The number of rotatable bonds is 15. The number of nitrogens with one attached hydrogen (secondary N) is 1. The Morgan fingerprint density at radius 3 is 2.24 bits per heavy atom. The number of amides is 1. The number of aliphatic hydroxyl groups excluding tert-OH is 4. The highest BCUT2D eigenvalue weighted by Gasteiger charge is 2.36. The van der Waals surface area contributed by atoms with Crippen LogP contribution in [-0.4, -0.2) is 76.9 Å². The fourth-order valence-corrected chi connectivity index (χ4v) is 2.98. The summed E-state index contributed by atoms with van der Waals surface area (Å²) in [4.78, 5) is 23.3. The van der Waals surface area contributed by atoms with Gasteiger partial charge in [-0.2, -0.15) is 0 Å². The zero-order valence-corrected chi connectivity index (χ0v) is 18.2. The number of aldehydes is 1. The Bertz CT molecular complexity index is 830. The van der Waals surface area contributed by atoms with Gasteiger partial charge in [0.15, 0.2) is 6.10 Å². The molecular weight excluding hydrogens is 430 g/mol. The monoisotopic (exact) mass is 461 g/mol. The van der Waals surface area contributed by atoms with Gasteiger partial charge in [-0.15, -0.1) is 0 Å². The molecule has 0 saturated carbocycles. The van der Waals surface area contributed by atoms with Gasteiger partial charge in [-0.1, -0.05) is 30.3 Å². The fourth-order valence-electron chi connectivity index (χ4n) is 2.98. The number of benzene rings is 2. The van der Waals surface area contributed by atoms with Crippen LogP contribution in [0.25, 0.3) is 0 Å². The van der Waals surface area contributed by atoms with Crippen LogP contribution in [0.3, 0.4) is 0 Å². The first-order valence-corrected chi connectivity index (χ1v) is 10.7. The second-order valence-electron chi connectivity index (χ2n) is 7.47. The van der Waals surface area contributed by atoms with E-state index in [1.807, 2.05) is 30.3 Å². The van der Waals surface area contributed by atoms with Gasteiger partial charge in [-0.25, -0.2) is 0 Å². The van der Waals surface area contributed by atoms with Crippen molar-refractivity contribution in [1.29, 1.82) is 0 Å². The summed E-state index contributed by atoms with van der Waals surface area (Å²) in [5.74, 6) is -0.0294. The standard InChI is InChI=1S/C24H31NO8/c26-15-18-8-10-19(11-9-18)32-12-4-5-13-33-23(22(30)21(29)20(28)16-27)24(31)25-14-17-6-2-1-3-7-17/h1-3,6-11,15,20-23,27-30H,4-5,12-14,16H2,(H,25,31)/t20-,21-,22+,23-/m1/s1. The van der Waals surface area contributed by atoms with Crippen molar-refractivity contribution in [3.05, 3.63) is 65.7 Å². The lowest BCUT2D eigenvalue weighted by molar-refractivity contribution is -0.158. The summed E-state index contributed by atoms with van der Waals surface area (Å²) in [7, 11) is 0. The molecule has 0 aliphatic heterocycles. The lowest BCUT2D eigenvalue weighted by atomic mass is 10.0. The molecule has 180 valence electrons. The van der Waals surface area contributed by atoms with E-state index >= 15 is 0 Å². The molecule has 0 spiro atoms. The zero-order chi connectivity index (χ0) is 24.1. The normalized spacial score (nSPS) is 14.7. The van der Waals surface area contributed by atoms with Gasteiger partial charge in [0.25, 0.3) is 5.91 Å². The van der Waals surface area contributed by atoms with Crippen LogP contribution in [0.5, 0.6) is 5.75 Å². The van der Waals surface area contributed by atoms with E-state index in [0.29, 0.717) is 30.8 Å². The molecule has 2 rings (SSSR count). The van der Waals surface area contributed by atoms with Crippen molar-refractivity contribution >= 4 is 12.2 Å². The van der Waals surface area contributed by atoms with Gasteiger partial charge in [0, 0.05) is 18.7 Å². The lowest BCUT2D eigenvalue weighted by Gasteiger charge is -2.28. The molecule has 1 amide bonds. The minimum absolute atomic E-state index is 0.0931. The smallest absolute Gasteiger partial charge is 0.252 e. The van der Waals surface area contributed by atoms with Gasteiger partial charge in [0.05, 0.1) is 13.2 Å². The molecule has 5 N–H and O–H groups in total. The number of aliphatic hydroxyl groups is 4. The van der Waals surface area contributed by atoms with Crippen LogP contribution in [0, 0.1) is 0 Å². The van der Waals surface area contributed by atoms with E-state index in [-0.39, 0.29) is 13.2 Å². The van der Waals surface area contributed by atoms with Gasteiger partial charge in [0.1, 0.15) is 30.3 Å². The van der Waals surface area contributed by atoms with Crippen LogP contribution in [0.2, 0.25) is 0 Å². The number of unbranched alkanes of at least 4 members (excludes halogenated alkanes) is 1. The minimum atomic E-state index is -1.76. The summed E-state index contributed by atoms with van der Waals surface area (Å²) in [5.41, 5.74) is 1.40. The van der Waals surface area contributed by atoms with E-state index in [2.05, 4.69) is 5.32 Å². The molecule has 33 heavy (non-hydrogen) atoms. The van der Waals surface area contributed by atoms with Crippen LogP contribution < -0.4 is 10.1 Å². The van der Waals surface area contributed by atoms with Gasteiger partial charge < -0.3 is 35.2 Å². The van der Waals surface area contributed by atoms with Crippen molar-refractivity contribution in [3.63, 3.8) is 0 Å². The first kappa shape index (κ1) is 26.4. The summed E-state index contributed by atoms with van der Waals surface area (Å²) in [6.07, 6.45) is -4.73. The molecule has 4 atom stereocenters. The van der Waals surface area contributed by atoms with Crippen LogP contribution in [0.15, 0.2) is 54.6 Å². The highest BCUT2D eigenvalue weighted by Crippen LogP contribution is 2.13. The molecule has 9 heteroatoms. The first-order valence-electron chi connectivity index (χ1n) is 10.7. The van der Waals surface area contributed by atoms with Crippen LogP contribution >= 0.6 is 0 Å². The SMILES string of the molecule is O=Cc1ccc(OCCCCO[C@@H](C(=O)NCc2ccccc2)[C@@H](O)[C@H](O)[C@H](O)CO)cc1. The Labute approximate surface area is 192 Å².